The van der Waals surface area contributed by atoms with Crippen molar-refractivity contribution >= 4 is 38.2 Å². The van der Waals surface area contributed by atoms with E-state index in [0.717, 1.165) is 16.5 Å². The largest absolute Gasteiger partial charge is 0.322 e. The Bertz CT molecular complexity index is 1400. The number of hydrogen-bond acceptors (Lipinski definition) is 4. The van der Waals surface area contributed by atoms with Gasteiger partial charge in [-0.3, -0.25) is 14.5 Å². The van der Waals surface area contributed by atoms with Gasteiger partial charge in [0, 0.05) is 22.8 Å². The average molecular weight is 432 g/mol. The van der Waals surface area contributed by atoms with Gasteiger partial charge < -0.3 is 5.32 Å². The molecule has 1 amide bonds. The van der Waals surface area contributed by atoms with Gasteiger partial charge >= 0.3 is 0 Å². The van der Waals surface area contributed by atoms with Gasteiger partial charge in [-0.15, -0.1) is 0 Å². The van der Waals surface area contributed by atoms with Crippen molar-refractivity contribution in [2.75, 3.05) is 10.0 Å². The van der Waals surface area contributed by atoms with E-state index >= 15 is 0 Å². The average Bonchev–Trinajstić information content (AvgIpc) is 2.75. The summed E-state index contributed by atoms with van der Waals surface area (Å²) in [6.07, 6.45) is 1.71. The minimum atomic E-state index is -3.85. The molecule has 1 heterocycles. The Balaban J connectivity index is 1.62. The van der Waals surface area contributed by atoms with Gasteiger partial charge in [0.05, 0.1) is 16.1 Å². The Labute approximate surface area is 181 Å². The molecule has 0 unspecified atom stereocenters. The molecule has 0 saturated carbocycles. The minimum Gasteiger partial charge on any atom is -0.322 e. The Morgan fingerprint density at radius 1 is 0.871 bits per heavy atom. The van der Waals surface area contributed by atoms with E-state index in [1.54, 1.807) is 37.4 Å². The van der Waals surface area contributed by atoms with Crippen LogP contribution in [-0.2, 0) is 10.0 Å². The molecule has 0 fully saturated rings. The van der Waals surface area contributed by atoms with Crippen LogP contribution in [0.5, 0.6) is 0 Å². The fraction of sp³-hybridized carbons (Fsp3) is 0.0833. The zero-order valence-corrected chi connectivity index (χ0v) is 17.9. The van der Waals surface area contributed by atoms with Gasteiger partial charge in [-0.1, -0.05) is 30.3 Å². The van der Waals surface area contributed by atoms with Crippen LogP contribution in [0.1, 0.15) is 21.5 Å². The first-order valence-corrected chi connectivity index (χ1v) is 11.2. The first kappa shape index (κ1) is 20.6. The number of para-hydroxylation sites is 1. The van der Waals surface area contributed by atoms with Crippen LogP contribution in [0, 0.1) is 13.8 Å². The van der Waals surface area contributed by atoms with Crippen molar-refractivity contribution in [2.24, 2.45) is 0 Å². The summed E-state index contributed by atoms with van der Waals surface area (Å²) in [4.78, 5) is 17.2. The van der Waals surface area contributed by atoms with Crippen molar-refractivity contribution in [1.29, 1.82) is 0 Å². The number of aryl methyl sites for hydroxylation is 2. The van der Waals surface area contributed by atoms with Gasteiger partial charge in [0.25, 0.3) is 15.9 Å². The number of rotatable bonds is 5. The molecule has 2 N–H and O–H groups in total. The second-order valence-corrected chi connectivity index (χ2v) is 8.94. The van der Waals surface area contributed by atoms with Crippen LogP contribution in [-0.4, -0.2) is 19.3 Å². The van der Waals surface area contributed by atoms with E-state index in [-0.39, 0.29) is 10.8 Å². The fourth-order valence-electron chi connectivity index (χ4n) is 3.26. The summed E-state index contributed by atoms with van der Waals surface area (Å²) in [5.41, 5.74) is 3.71. The van der Waals surface area contributed by atoms with Gasteiger partial charge in [0.1, 0.15) is 0 Å². The number of hydrogen-bond donors (Lipinski definition) is 2. The number of carbonyl (C=O) groups excluding carboxylic acids is 1. The quantitative estimate of drug-likeness (QED) is 0.470. The molecule has 31 heavy (non-hydrogen) atoms. The van der Waals surface area contributed by atoms with Crippen LogP contribution in [0.2, 0.25) is 0 Å². The summed E-state index contributed by atoms with van der Waals surface area (Å²) in [5, 5.41) is 3.75. The maximum atomic E-state index is 12.9. The highest BCUT2D eigenvalue weighted by atomic mass is 32.2. The van der Waals surface area contributed by atoms with E-state index in [1.165, 1.54) is 12.1 Å². The van der Waals surface area contributed by atoms with Crippen molar-refractivity contribution in [1.82, 2.24) is 4.98 Å². The minimum absolute atomic E-state index is 0.0224. The van der Waals surface area contributed by atoms with Crippen molar-refractivity contribution in [3.8, 4) is 0 Å². The summed E-state index contributed by atoms with van der Waals surface area (Å²) in [7, 11) is -3.85. The summed E-state index contributed by atoms with van der Waals surface area (Å²) in [6.45, 7) is 3.59. The third-order valence-corrected chi connectivity index (χ3v) is 6.38. The molecule has 7 heteroatoms. The number of sulfonamides is 1. The predicted octanol–water partition coefficient (Wildman–Crippen LogP) is 4.90. The Morgan fingerprint density at radius 2 is 1.68 bits per heavy atom. The number of carbonyl (C=O) groups is 1. The SMILES string of the molecule is Cc1ccccc1NS(=O)(=O)c1ccc(C)c(C(=O)Nc2ccc3ncccc3c2)c1. The summed E-state index contributed by atoms with van der Waals surface area (Å²) < 4.78 is 28.4. The lowest BCUT2D eigenvalue weighted by Crippen LogP contribution is -2.17. The maximum Gasteiger partial charge on any atom is 0.261 e. The van der Waals surface area contributed by atoms with Gasteiger partial charge in [0.2, 0.25) is 0 Å². The first-order valence-electron chi connectivity index (χ1n) is 9.69. The summed E-state index contributed by atoms with van der Waals surface area (Å²) in [5.74, 6) is -0.381. The standard InChI is InChI=1S/C24H21N3O3S/c1-16-9-11-20(31(29,30)27-22-8-4-3-6-17(22)2)15-21(16)24(28)26-19-10-12-23-18(14-19)7-5-13-25-23/h3-15,27H,1-2H3,(H,26,28). The van der Waals surface area contributed by atoms with Crippen molar-refractivity contribution < 1.29 is 13.2 Å². The van der Waals surface area contributed by atoms with Crippen molar-refractivity contribution in [2.45, 2.75) is 18.7 Å². The molecule has 0 saturated heterocycles. The topological polar surface area (TPSA) is 88.2 Å². The molecule has 156 valence electrons. The third-order valence-electron chi connectivity index (χ3n) is 5.01. The number of amides is 1. The number of benzene rings is 3. The molecule has 4 aromatic rings. The lowest BCUT2D eigenvalue weighted by Gasteiger charge is -2.13. The lowest BCUT2D eigenvalue weighted by atomic mass is 10.1. The van der Waals surface area contributed by atoms with Crippen LogP contribution in [0.25, 0.3) is 10.9 Å². The molecule has 0 aliphatic rings. The van der Waals surface area contributed by atoms with Gasteiger partial charge in [-0.05, 0) is 67.4 Å². The highest BCUT2D eigenvalue weighted by Crippen LogP contribution is 2.23. The van der Waals surface area contributed by atoms with Crippen LogP contribution in [0.3, 0.4) is 0 Å². The molecule has 0 radical (unpaired) electrons. The smallest absolute Gasteiger partial charge is 0.261 e. The Kier molecular flexibility index (Phi) is 5.44. The maximum absolute atomic E-state index is 12.9. The van der Waals surface area contributed by atoms with Crippen molar-refractivity contribution in [3.63, 3.8) is 0 Å². The molecule has 1 aromatic heterocycles. The monoisotopic (exact) mass is 431 g/mol. The zero-order valence-electron chi connectivity index (χ0n) is 17.1. The highest BCUT2D eigenvalue weighted by Gasteiger charge is 2.19. The van der Waals surface area contributed by atoms with Crippen LogP contribution >= 0.6 is 0 Å². The summed E-state index contributed by atoms with van der Waals surface area (Å²) >= 11 is 0. The van der Waals surface area contributed by atoms with Gasteiger partial charge in [0.15, 0.2) is 0 Å². The van der Waals surface area contributed by atoms with Crippen molar-refractivity contribution in [3.05, 3.63) is 95.7 Å². The summed E-state index contributed by atoms with van der Waals surface area (Å²) in [6, 6.07) is 20.8. The molecule has 0 spiro atoms. The van der Waals surface area contributed by atoms with E-state index in [2.05, 4.69) is 15.0 Å². The van der Waals surface area contributed by atoms with Crippen LogP contribution < -0.4 is 10.0 Å². The second-order valence-electron chi connectivity index (χ2n) is 7.26. The fourth-order valence-corrected chi connectivity index (χ4v) is 4.41. The number of pyridine rings is 1. The molecule has 6 nitrogen and oxygen atoms in total. The van der Waals surface area contributed by atoms with E-state index in [0.29, 0.717) is 22.5 Å². The second kappa shape index (κ2) is 8.20. The normalized spacial score (nSPS) is 11.3. The molecule has 0 aliphatic heterocycles. The molecular formula is C24H21N3O3S. The van der Waals surface area contributed by atoms with E-state index in [1.807, 2.05) is 43.3 Å². The van der Waals surface area contributed by atoms with E-state index in [4.69, 9.17) is 0 Å². The number of aromatic nitrogens is 1. The number of fused-ring (bicyclic) bond motifs is 1. The lowest BCUT2D eigenvalue weighted by molar-refractivity contribution is 0.102. The third kappa shape index (κ3) is 4.41. The molecule has 4 rings (SSSR count). The van der Waals surface area contributed by atoms with Crippen LogP contribution in [0.15, 0.2) is 83.9 Å². The van der Waals surface area contributed by atoms with Gasteiger partial charge in [-0.2, -0.15) is 0 Å². The first-order chi connectivity index (χ1) is 14.8. The number of anilines is 2. The number of nitrogens with zero attached hydrogens (tertiary/aromatic N) is 1. The molecular weight excluding hydrogens is 410 g/mol. The van der Waals surface area contributed by atoms with Gasteiger partial charge in [-0.25, -0.2) is 8.42 Å². The predicted molar refractivity (Wildman–Crippen MR) is 123 cm³/mol. The Morgan fingerprint density at radius 3 is 2.48 bits per heavy atom. The molecule has 3 aromatic carbocycles. The Hall–Kier alpha value is -3.71. The van der Waals surface area contributed by atoms with E-state index < -0.39 is 10.0 Å². The zero-order chi connectivity index (χ0) is 22.0. The molecule has 0 atom stereocenters. The van der Waals surface area contributed by atoms with Crippen LogP contribution in [0.4, 0.5) is 11.4 Å². The number of nitrogens with one attached hydrogen (secondary N) is 2. The molecule has 0 aliphatic carbocycles. The van der Waals surface area contributed by atoms with E-state index in [9.17, 15) is 13.2 Å². The highest BCUT2D eigenvalue weighted by molar-refractivity contribution is 7.92. The molecule has 0 bridgehead atoms.